The highest BCUT2D eigenvalue weighted by atomic mass is 32.2. The molecule has 1 N–H and O–H groups in total. The second-order valence-electron chi connectivity index (χ2n) is 9.18. The van der Waals surface area contributed by atoms with Gasteiger partial charge >= 0.3 is 0 Å². The number of hydrogen-bond acceptors (Lipinski definition) is 6. The van der Waals surface area contributed by atoms with E-state index in [9.17, 15) is 13.7 Å². The number of nitriles is 1. The normalized spacial score (nSPS) is 28.7. The van der Waals surface area contributed by atoms with Crippen LogP contribution in [0.15, 0.2) is 31.0 Å². The zero-order valence-corrected chi connectivity index (χ0v) is 17.8. The van der Waals surface area contributed by atoms with Gasteiger partial charge in [-0.25, -0.2) is 22.7 Å². The maximum Gasteiger partial charge on any atom is 0.216 e. The van der Waals surface area contributed by atoms with Crippen LogP contribution in [0.4, 0.5) is 0 Å². The lowest BCUT2D eigenvalue weighted by atomic mass is 9.92. The standard InChI is InChI=1S/C21H23N7O2S/c22-5-4-21(7-14-10-27(11-15(14)8-21)31(29,30)17-1-2-17)28-12-16(9-26-28)19-18-3-6-23-20(18)25-13-24-19/h3,6,9,12-15,17H,1-2,4,7-8,10-11H2,(H,23,24,25). The molecule has 3 aromatic heterocycles. The molecule has 0 aromatic carbocycles. The molecule has 4 heterocycles. The fourth-order valence-corrected chi connectivity index (χ4v) is 7.52. The summed E-state index contributed by atoms with van der Waals surface area (Å²) in [7, 11) is -3.14. The van der Waals surface area contributed by atoms with Crippen LogP contribution in [0, 0.1) is 23.2 Å². The van der Waals surface area contributed by atoms with Crippen LogP contribution in [-0.2, 0) is 15.6 Å². The lowest BCUT2D eigenvalue weighted by Gasteiger charge is -2.29. The molecule has 0 amide bonds. The summed E-state index contributed by atoms with van der Waals surface area (Å²) in [4.78, 5) is 11.8. The second-order valence-corrected chi connectivity index (χ2v) is 11.4. The Labute approximate surface area is 180 Å². The topological polar surface area (TPSA) is 121 Å². The first-order chi connectivity index (χ1) is 15.0. The molecule has 1 aliphatic heterocycles. The van der Waals surface area contributed by atoms with Gasteiger partial charge in [0.05, 0.1) is 35.2 Å². The van der Waals surface area contributed by atoms with Crippen molar-refractivity contribution in [3.8, 4) is 17.3 Å². The number of rotatable bonds is 5. The van der Waals surface area contributed by atoms with Gasteiger partial charge in [-0.05, 0) is 43.6 Å². The lowest BCUT2D eigenvalue weighted by Crippen LogP contribution is -2.37. The van der Waals surface area contributed by atoms with Crippen LogP contribution < -0.4 is 0 Å². The van der Waals surface area contributed by atoms with E-state index in [1.165, 1.54) is 6.33 Å². The molecule has 3 aliphatic rings. The van der Waals surface area contributed by atoms with Crippen LogP contribution in [0.3, 0.4) is 0 Å². The van der Waals surface area contributed by atoms with E-state index >= 15 is 0 Å². The number of nitrogens with one attached hydrogen (secondary N) is 1. The molecule has 2 saturated carbocycles. The molecule has 9 nitrogen and oxygen atoms in total. The Morgan fingerprint density at radius 2 is 2.00 bits per heavy atom. The average molecular weight is 438 g/mol. The number of fused-ring (bicyclic) bond motifs is 2. The first-order valence-corrected chi connectivity index (χ1v) is 12.2. The molecule has 0 bridgehead atoms. The van der Waals surface area contributed by atoms with Crippen molar-refractivity contribution in [2.75, 3.05) is 13.1 Å². The van der Waals surface area contributed by atoms with E-state index in [1.807, 2.05) is 23.1 Å². The van der Waals surface area contributed by atoms with E-state index in [1.54, 1.807) is 10.5 Å². The summed E-state index contributed by atoms with van der Waals surface area (Å²) in [6.07, 6.45) is 10.6. The number of aromatic nitrogens is 5. The van der Waals surface area contributed by atoms with E-state index < -0.39 is 15.6 Å². The Bertz CT molecular complexity index is 1290. The van der Waals surface area contributed by atoms with Crippen LogP contribution >= 0.6 is 0 Å². The number of hydrogen-bond donors (Lipinski definition) is 1. The molecule has 160 valence electrons. The van der Waals surface area contributed by atoms with Gasteiger partial charge in [-0.15, -0.1) is 0 Å². The van der Waals surface area contributed by atoms with Gasteiger partial charge in [0.2, 0.25) is 10.0 Å². The van der Waals surface area contributed by atoms with Crippen molar-refractivity contribution in [1.82, 2.24) is 29.0 Å². The molecule has 2 aliphatic carbocycles. The highest BCUT2D eigenvalue weighted by molar-refractivity contribution is 7.90. The van der Waals surface area contributed by atoms with Crippen LogP contribution in [-0.4, -0.2) is 55.8 Å². The molecule has 10 heteroatoms. The van der Waals surface area contributed by atoms with Gasteiger partial charge in [0.25, 0.3) is 0 Å². The predicted molar refractivity (Wildman–Crippen MR) is 113 cm³/mol. The highest BCUT2D eigenvalue weighted by Crippen LogP contribution is 2.51. The third kappa shape index (κ3) is 2.91. The molecule has 1 saturated heterocycles. The van der Waals surface area contributed by atoms with Crippen molar-refractivity contribution in [1.29, 1.82) is 5.26 Å². The van der Waals surface area contributed by atoms with Gasteiger partial charge in [0.1, 0.15) is 12.0 Å². The Morgan fingerprint density at radius 3 is 2.71 bits per heavy atom. The fraction of sp³-hybridized carbons (Fsp3) is 0.524. The molecule has 3 fully saturated rings. The SMILES string of the molecule is N#CCC1(n2cc(-c3ncnc4[nH]ccc34)cn2)CC2CN(S(=O)(=O)C3CC3)CC2C1. The van der Waals surface area contributed by atoms with Gasteiger partial charge in [0.15, 0.2) is 0 Å². The molecular formula is C21H23N7O2S. The van der Waals surface area contributed by atoms with Crippen LogP contribution in [0.2, 0.25) is 0 Å². The molecule has 0 radical (unpaired) electrons. The summed E-state index contributed by atoms with van der Waals surface area (Å²) < 4.78 is 29.0. The van der Waals surface area contributed by atoms with Crippen LogP contribution in [0.1, 0.15) is 32.1 Å². The maximum absolute atomic E-state index is 12.7. The van der Waals surface area contributed by atoms with Gasteiger partial charge < -0.3 is 4.98 Å². The third-order valence-electron chi connectivity index (χ3n) is 7.24. The minimum atomic E-state index is -3.14. The second kappa shape index (κ2) is 6.61. The van der Waals surface area contributed by atoms with Crippen molar-refractivity contribution in [2.45, 2.75) is 42.9 Å². The summed E-state index contributed by atoms with van der Waals surface area (Å²) >= 11 is 0. The van der Waals surface area contributed by atoms with E-state index in [-0.39, 0.29) is 17.1 Å². The molecule has 31 heavy (non-hydrogen) atoms. The van der Waals surface area contributed by atoms with Gasteiger partial charge in [-0.2, -0.15) is 10.4 Å². The number of aromatic amines is 1. The monoisotopic (exact) mass is 437 g/mol. The number of H-pyrrole nitrogens is 1. The fourth-order valence-electron chi connectivity index (χ4n) is 5.57. The summed E-state index contributed by atoms with van der Waals surface area (Å²) in [5.74, 6) is 0.537. The summed E-state index contributed by atoms with van der Waals surface area (Å²) in [5.41, 5.74) is 2.07. The van der Waals surface area contributed by atoms with Crippen molar-refractivity contribution < 1.29 is 8.42 Å². The van der Waals surface area contributed by atoms with Gasteiger partial charge in [-0.3, -0.25) is 4.68 Å². The summed E-state index contributed by atoms with van der Waals surface area (Å²) in [6, 6.07) is 4.31. The predicted octanol–water partition coefficient (Wildman–Crippen LogP) is 2.26. The van der Waals surface area contributed by atoms with Crippen LogP contribution in [0.25, 0.3) is 22.3 Å². The minimum Gasteiger partial charge on any atom is -0.346 e. The van der Waals surface area contributed by atoms with Crippen molar-refractivity contribution in [3.63, 3.8) is 0 Å². The Kier molecular flexibility index (Phi) is 4.04. The van der Waals surface area contributed by atoms with Crippen LogP contribution in [0.5, 0.6) is 0 Å². The zero-order chi connectivity index (χ0) is 21.2. The lowest BCUT2D eigenvalue weighted by molar-refractivity contribution is 0.240. The van der Waals surface area contributed by atoms with Crippen molar-refractivity contribution >= 4 is 21.1 Å². The van der Waals surface area contributed by atoms with Gasteiger partial charge in [0, 0.05) is 36.4 Å². The quantitative estimate of drug-likeness (QED) is 0.654. The largest absolute Gasteiger partial charge is 0.346 e. The van der Waals surface area contributed by atoms with Gasteiger partial charge in [-0.1, -0.05) is 0 Å². The molecule has 2 unspecified atom stereocenters. The van der Waals surface area contributed by atoms with Crippen molar-refractivity contribution in [2.24, 2.45) is 11.8 Å². The number of sulfonamides is 1. The Balaban J connectivity index is 1.29. The summed E-state index contributed by atoms with van der Waals surface area (Å²) in [6.45, 7) is 1.14. The third-order valence-corrected chi connectivity index (χ3v) is 9.57. The summed E-state index contributed by atoms with van der Waals surface area (Å²) in [5, 5.41) is 15.0. The molecular weight excluding hydrogens is 414 g/mol. The van der Waals surface area contributed by atoms with E-state index in [2.05, 4.69) is 26.1 Å². The average Bonchev–Trinajstić information content (AvgIpc) is 3.11. The molecule has 6 rings (SSSR count). The maximum atomic E-state index is 12.7. The molecule has 3 aromatic rings. The molecule has 0 spiro atoms. The highest BCUT2D eigenvalue weighted by Gasteiger charge is 2.54. The first kappa shape index (κ1) is 19.0. The first-order valence-electron chi connectivity index (χ1n) is 10.7. The van der Waals surface area contributed by atoms with E-state index in [0.717, 1.165) is 48.0 Å². The van der Waals surface area contributed by atoms with E-state index in [4.69, 9.17) is 0 Å². The van der Waals surface area contributed by atoms with Crippen molar-refractivity contribution in [3.05, 3.63) is 31.0 Å². The minimum absolute atomic E-state index is 0.165. The Morgan fingerprint density at radius 1 is 1.23 bits per heavy atom. The smallest absolute Gasteiger partial charge is 0.216 e. The van der Waals surface area contributed by atoms with E-state index in [0.29, 0.717) is 19.5 Å². The Hall–Kier alpha value is -2.77. The number of nitrogens with zero attached hydrogens (tertiary/aromatic N) is 6. The molecule has 2 atom stereocenters. The zero-order valence-electron chi connectivity index (χ0n) is 17.0.